The van der Waals surface area contributed by atoms with E-state index in [-0.39, 0.29) is 6.42 Å². The van der Waals surface area contributed by atoms with Gasteiger partial charge in [0.05, 0.1) is 6.42 Å². The van der Waals surface area contributed by atoms with Crippen LogP contribution in [0.25, 0.3) is 0 Å². The molecule has 1 fully saturated rings. The van der Waals surface area contributed by atoms with E-state index in [0.717, 1.165) is 24.3 Å². The van der Waals surface area contributed by atoms with Gasteiger partial charge in [-0.2, -0.15) is 8.78 Å². The number of ether oxygens (including phenoxy) is 1. The zero-order valence-corrected chi connectivity index (χ0v) is 16.4. The van der Waals surface area contributed by atoms with Crippen molar-refractivity contribution in [3.63, 3.8) is 0 Å². The number of aryl methyl sites for hydroxylation is 1. The lowest BCUT2D eigenvalue weighted by atomic mass is 9.78. The Kier molecular flexibility index (Phi) is 6.81. The first kappa shape index (κ1) is 21.6. The third kappa shape index (κ3) is 5.71. The normalized spacial score (nSPS) is 19.9. The summed E-state index contributed by atoms with van der Waals surface area (Å²) in [5.41, 5.74) is 1.97. The molecule has 0 radical (unpaired) electrons. The topological polar surface area (TPSA) is 9.23 Å². The molecule has 6 heteroatoms. The van der Waals surface area contributed by atoms with Crippen LogP contribution < -0.4 is 4.74 Å². The van der Waals surface area contributed by atoms with E-state index < -0.39 is 35.7 Å². The van der Waals surface area contributed by atoms with Gasteiger partial charge in [0.2, 0.25) is 0 Å². The lowest BCUT2D eigenvalue weighted by Gasteiger charge is -2.28. The molecule has 0 heterocycles. The Morgan fingerprint density at radius 1 is 0.931 bits per heavy atom. The summed E-state index contributed by atoms with van der Waals surface area (Å²) in [6.07, 6.45) is 1.76. The predicted octanol–water partition coefficient (Wildman–Crippen LogP) is 7.39. The van der Waals surface area contributed by atoms with E-state index in [1.807, 2.05) is 24.3 Å². The van der Waals surface area contributed by atoms with E-state index in [1.54, 1.807) is 0 Å². The Hall–Kier alpha value is -2.11. The first-order valence-electron chi connectivity index (χ1n) is 10.1. The van der Waals surface area contributed by atoms with Gasteiger partial charge in [-0.15, -0.1) is 0 Å². The van der Waals surface area contributed by atoms with Crippen LogP contribution in [0.3, 0.4) is 0 Å². The van der Waals surface area contributed by atoms with Crippen LogP contribution >= 0.6 is 0 Å². The lowest BCUT2D eigenvalue weighted by molar-refractivity contribution is -0.180. The molecular weight excluding hydrogens is 387 g/mol. The van der Waals surface area contributed by atoms with E-state index in [0.29, 0.717) is 18.1 Å². The van der Waals surface area contributed by atoms with Crippen molar-refractivity contribution in [1.29, 1.82) is 0 Å². The van der Waals surface area contributed by atoms with Crippen molar-refractivity contribution in [2.24, 2.45) is 5.92 Å². The molecule has 0 N–H and O–H groups in total. The van der Waals surface area contributed by atoms with E-state index in [1.165, 1.54) is 24.8 Å². The molecular formula is C23H25F5O. The van der Waals surface area contributed by atoms with Crippen LogP contribution in [0.2, 0.25) is 0 Å². The van der Waals surface area contributed by atoms with Crippen LogP contribution in [0.15, 0.2) is 36.4 Å². The molecule has 0 amide bonds. The second-order valence-electron chi connectivity index (χ2n) is 7.81. The van der Waals surface area contributed by atoms with Crippen molar-refractivity contribution >= 4 is 0 Å². The fourth-order valence-corrected chi connectivity index (χ4v) is 3.97. The number of alkyl halides is 2. The van der Waals surface area contributed by atoms with Crippen molar-refractivity contribution in [3.8, 4) is 5.75 Å². The second kappa shape index (κ2) is 9.14. The average Bonchev–Trinajstić information content (AvgIpc) is 2.71. The fraction of sp³-hybridized carbons (Fsp3) is 0.478. The summed E-state index contributed by atoms with van der Waals surface area (Å²) >= 11 is 0. The van der Waals surface area contributed by atoms with E-state index in [4.69, 9.17) is 0 Å². The minimum atomic E-state index is -3.63. The van der Waals surface area contributed by atoms with E-state index in [2.05, 4.69) is 11.7 Å². The number of halogens is 5. The van der Waals surface area contributed by atoms with Gasteiger partial charge in [0, 0.05) is 12.1 Å². The third-order valence-electron chi connectivity index (χ3n) is 5.80. The van der Waals surface area contributed by atoms with Crippen molar-refractivity contribution < 1.29 is 26.7 Å². The molecule has 158 valence electrons. The summed E-state index contributed by atoms with van der Waals surface area (Å²) in [4.78, 5) is 0. The predicted molar refractivity (Wildman–Crippen MR) is 102 cm³/mol. The minimum Gasteiger partial charge on any atom is -0.432 e. The Morgan fingerprint density at radius 3 is 2.07 bits per heavy atom. The lowest BCUT2D eigenvalue weighted by Crippen LogP contribution is -2.25. The number of hydrogen-bond donors (Lipinski definition) is 0. The maximum Gasteiger partial charge on any atom is 0.398 e. The summed E-state index contributed by atoms with van der Waals surface area (Å²) in [5.74, 6) is -4.26. The standard InChI is InChI=1S/C23H25F5O/c1-2-15-3-7-17(8-4-15)18-9-5-16(6-10-18)11-12-23(27,28)29-19-13-20(24)22(26)21(25)14-19/h5-6,9-10,13-15,17H,2-4,7-8,11-12H2,1H3. The molecule has 0 atom stereocenters. The van der Waals surface area contributed by atoms with Gasteiger partial charge in [0.1, 0.15) is 5.75 Å². The SMILES string of the molecule is CCC1CCC(c2ccc(CCC(F)(F)Oc3cc(F)c(F)c(F)c3)cc2)CC1. The van der Waals surface area contributed by atoms with Gasteiger partial charge in [-0.3, -0.25) is 0 Å². The average molecular weight is 412 g/mol. The van der Waals surface area contributed by atoms with Crippen LogP contribution in [-0.2, 0) is 6.42 Å². The van der Waals surface area contributed by atoms with Gasteiger partial charge in [0.25, 0.3) is 0 Å². The second-order valence-corrected chi connectivity index (χ2v) is 7.81. The molecule has 29 heavy (non-hydrogen) atoms. The molecule has 0 saturated heterocycles. The van der Waals surface area contributed by atoms with Crippen LogP contribution in [0.5, 0.6) is 5.75 Å². The molecule has 1 saturated carbocycles. The summed E-state index contributed by atoms with van der Waals surface area (Å²) in [6.45, 7) is 2.22. The number of benzene rings is 2. The molecule has 0 bridgehead atoms. The van der Waals surface area contributed by atoms with Crippen molar-refractivity contribution in [1.82, 2.24) is 0 Å². The highest BCUT2D eigenvalue weighted by molar-refractivity contribution is 5.27. The Labute approximate surface area is 167 Å². The highest BCUT2D eigenvalue weighted by Crippen LogP contribution is 2.37. The fourth-order valence-electron chi connectivity index (χ4n) is 3.97. The van der Waals surface area contributed by atoms with Crippen LogP contribution in [-0.4, -0.2) is 6.11 Å². The number of hydrogen-bond acceptors (Lipinski definition) is 1. The molecule has 0 spiro atoms. The first-order valence-corrected chi connectivity index (χ1v) is 10.1. The van der Waals surface area contributed by atoms with Gasteiger partial charge in [-0.05, 0) is 55.1 Å². The van der Waals surface area contributed by atoms with Crippen molar-refractivity contribution in [2.75, 3.05) is 0 Å². The molecule has 1 nitrogen and oxygen atoms in total. The molecule has 1 aliphatic carbocycles. The quantitative estimate of drug-likeness (QED) is 0.340. The van der Waals surface area contributed by atoms with Gasteiger partial charge >= 0.3 is 6.11 Å². The Bertz CT molecular complexity index is 788. The van der Waals surface area contributed by atoms with Gasteiger partial charge in [-0.25, -0.2) is 13.2 Å². The molecule has 1 aliphatic rings. The maximum atomic E-state index is 14.0. The highest BCUT2D eigenvalue weighted by atomic mass is 19.3. The van der Waals surface area contributed by atoms with Crippen LogP contribution in [0, 0.1) is 23.4 Å². The third-order valence-corrected chi connectivity index (χ3v) is 5.80. The van der Waals surface area contributed by atoms with Crippen LogP contribution in [0.1, 0.15) is 62.5 Å². The van der Waals surface area contributed by atoms with Crippen molar-refractivity contribution in [3.05, 3.63) is 65.0 Å². The Morgan fingerprint density at radius 2 is 1.52 bits per heavy atom. The van der Waals surface area contributed by atoms with E-state index in [9.17, 15) is 22.0 Å². The smallest absolute Gasteiger partial charge is 0.398 e. The van der Waals surface area contributed by atoms with Crippen LogP contribution in [0.4, 0.5) is 22.0 Å². The highest BCUT2D eigenvalue weighted by Gasteiger charge is 2.32. The van der Waals surface area contributed by atoms with Gasteiger partial charge in [0.15, 0.2) is 17.5 Å². The molecule has 2 aromatic rings. The number of rotatable bonds is 7. The minimum absolute atomic E-state index is 0.0437. The van der Waals surface area contributed by atoms with Gasteiger partial charge < -0.3 is 4.74 Å². The molecule has 0 unspecified atom stereocenters. The monoisotopic (exact) mass is 412 g/mol. The summed E-state index contributed by atoms with van der Waals surface area (Å²) < 4.78 is 71.7. The maximum absolute atomic E-state index is 14.0. The Balaban J connectivity index is 1.55. The van der Waals surface area contributed by atoms with Crippen molar-refractivity contribution in [2.45, 2.75) is 63.9 Å². The summed E-state index contributed by atoms with van der Waals surface area (Å²) in [5, 5.41) is 0. The zero-order chi connectivity index (χ0) is 21.0. The first-order chi connectivity index (χ1) is 13.8. The largest absolute Gasteiger partial charge is 0.432 e. The zero-order valence-electron chi connectivity index (χ0n) is 16.4. The van der Waals surface area contributed by atoms with E-state index >= 15 is 0 Å². The molecule has 2 aromatic carbocycles. The van der Waals surface area contributed by atoms with Gasteiger partial charge in [-0.1, -0.05) is 37.6 Å². The molecule has 0 aliphatic heterocycles. The summed E-state index contributed by atoms with van der Waals surface area (Å²) in [6, 6.07) is 8.50. The molecule has 3 rings (SSSR count). The molecule has 0 aromatic heterocycles. The summed E-state index contributed by atoms with van der Waals surface area (Å²) in [7, 11) is 0.